The molecule has 134 valence electrons. The van der Waals surface area contributed by atoms with E-state index in [4.69, 9.17) is 9.47 Å². The van der Waals surface area contributed by atoms with Crippen molar-refractivity contribution in [3.63, 3.8) is 0 Å². The first-order chi connectivity index (χ1) is 12.2. The fourth-order valence-corrected chi connectivity index (χ4v) is 3.17. The second-order valence-corrected chi connectivity index (χ2v) is 6.07. The topological polar surface area (TPSA) is 82.4 Å². The van der Waals surface area contributed by atoms with Crippen molar-refractivity contribution in [2.75, 3.05) is 26.9 Å². The molecule has 8 heteroatoms. The summed E-state index contributed by atoms with van der Waals surface area (Å²) >= 11 is 0. The first-order valence-corrected chi connectivity index (χ1v) is 8.34. The van der Waals surface area contributed by atoms with Crippen LogP contribution < -0.4 is 0 Å². The Kier molecular flexibility index (Phi) is 5.72. The molecular weight excluding hydrogens is 322 g/mol. The van der Waals surface area contributed by atoms with Crippen molar-refractivity contribution >= 4 is 5.91 Å². The SMILES string of the molecule is COCCO[C@@H]1CCN(C(=O)c2cnccn2)[C@@H]1Cc1cnn(C)c1. The maximum atomic E-state index is 12.9. The monoisotopic (exact) mass is 345 g/mol. The third-order valence-corrected chi connectivity index (χ3v) is 4.35. The van der Waals surface area contributed by atoms with Gasteiger partial charge in [-0.15, -0.1) is 0 Å². The van der Waals surface area contributed by atoms with Crippen molar-refractivity contribution in [2.24, 2.45) is 7.05 Å². The molecule has 25 heavy (non-hydrogen) atoms. The number of amides is 1. The van der Waals surface area contributed by atoms with E-state index in [1.807, 2.05) is 24.3 Å². The van der Waals surface area contributed by atoms with Crippen LogP contribution in [0.4, 0.5) is 0 Å². The van der Waals surface area contributed by atoms with E-state index >= 15 is 0 Å². The van der Waals surface area contributed by atoms with Crippen LogP contribution in [-0.4, -0.2) is 69.6 Å². The van der Waals surface area contributed by atoms with Crippen molar-refractivity contribution in [2.45, 2.75) is 25.0 Å². The Morgan fingerprint density at radius 2 is 2.20 bits per heavy atom. The van der Waals surface area contributed by atoms with Gasteiger partial charge < -0.3 is 14.4 Å². The van der Waals surface area contributed by atoms with E-state index in [0.29, 0.717) is 31.9 Å². The third-order valence-electron chi connectivity index (χ3n) is 4.35. The van der Waals surface area contributed by atoms with E-state index in [2.05, 4.69) is 15.1 Å². The standard InChI is InChI=1S/C17H23N5O3/c1-21-12-13(10-20-21)9-15-16(25-8-7-24-2)3-6-22(15)17(23)14-11-18-4-5-19-14/h4-5,10-12,15-16H,3,6-9H2,1-2H3/t15-,16-/m1/s1. The summed E-state index contributed by atoms with van der Waals surface area (Å²) in [4.78, 5) is 22.8. The molecule has 2 aromatic rings. The summed E-state index contributed by atoms with van der Waals surface area (Å²) < 4.78 is 12.8. The lowest BCUT2D eigenvalue weighted by molar-refractivity contribution is 0.000410. The van der Waals surface area contributed by atoms with Crippen molar-refractivity contribution < 1.29 is 14.3 Å². The van der Waals surface area contributed by atoms with Crippen molar-refractivity contribution in [3.8, 4) is 0 Å². The second-order valence-electron chi connectivity index (χ2n) is 6.07. The lowest BCUT2D eigenvalue weighted by atomic mass is 10.0. The molecular formula is C17H23N5O3. The Bertz CT molecular complexity index is 691. The van der Waals surface area contributed by atoms with Crippen LogP contribution in [0.15, 0.2) is 31.0 Å². The maximum absolute atomic E-state index is 12.9. The number of hydrogen-bond donors (Lipinski definition) is 0. The predicted molar refractivity (Wildman–Crippen MR) is 90.0 cm³/mol. The molecule has 0 aromatic carbocycles. The van der Waals surface area contributed by atoms with Crippen molar-refractivity contribution in [1.29, 1.82) is 0 Å². The summed E-state index contributed by atoms with van der Waals surface area (Å²) in [7, 11) is 3.53. The minimum atomic E-state index is -0.111. The first-order valence-electron chi connectivity index (χ1n) is 8.34. The third kappa shape index (κ3) is 4.21. The van der Waals surface area contributed by atoms with Gasteiger partial charge in [0.1, 0.15) is 5.69 Å². The van der Waals surface area contributed by atoms with Crippen LogP contribution in [0.25, 0.3) is 0 Å². The molecule has 3 rings (SSSR count). The number of methoxy groups -OCH3 is 1. The molecule has 2 aromatic heterocycles. The minimum absolute atomic E-state index is 0.0315. The number of aryl methyl sites for hydroxylation is 1. The van der Waals surface area contributed by atoms with Gasteiger partial charge in [0.25, 0.3) is 5.91 Å². The molecule has 0 N–H and O–H groups in total. The molecule has 8 nitrogen and oxygen atoms in total. The summed E-state index contributed by atoms with van der Waals surface area (Å²) in [6, 6.07) is -0.0597. The maximum Gasteiger partial charge on any atom is 0.274 e. The molecule has 0 bridgehead atoms. The second kappa shape index (κ2) is 8.17. The highest BCUT2D eigenvalue weighted by atomic mass is 16.5. The fraction of sp³-hybridized carbons (Fsp3) is 0.529. The van der Waals surface area contributed by atoms with Gasteiger partial charge in [-0.1, -0.05) is 0 Å². The van der Waals surface area contributed by atoms with Gasteiger partial charge in [0, 0.05) is 39.3 Å². The quantitative estimate of drug-likeness (QED) is 0.687. The van der Waals surface area contributed by atoms with Crippen molar-refractivity contribution in [1.82, 2.24) is 24.6 Å². The first kappa shape index (κ1) is 17.5. The molecule has 0 radical (unpaired) electrons. The van der Waals surface area contributed by atoms with E-state index in [1.165, 1.54) is 12.4 Å². The van der Waals surface area contributed by atoms with Gasteiger partial charge in [-0.2, -0.15) is 5.10 Å². The van der Waals surface area contributed by atoms with Gasteiger partial charge in [0.2, 0.25) is 0 Å². The minimum Gasteiger partial charge on any atom is -0.382 e. The molecule has 1 aliphatic rings. The zero-order valence-electron chi connectivity index (χ0n) is 14.5. The van der Waals surface area contributed by atoms with Crippen LogP contribution >= 0.6 is 0 Å². The number of ether oxygens (including phenoxy) is 2. The smallest absolute Gasteiger partial charge is 0.274 e. The molecule has 1 amide bonds. The van der Waals surface area contributed by atoms with Gasteiger partial charge in [-0.25, -0.2) is 4.98 Å². The number of carbonyl (C=O) groups excluding carboxylic acids is 1. The van der Waals surface area contributed by atoms with Crippen LogP contribution in [-0.2, 0) is 22.9 Å². The Labute approximate surface area is 146 Å². The van der Waals surface area contributed by atoms with Gasteiger partial charge in [0.05, 0.1) is 37.8 Å². The van der Waals surface area contributed by atoms with Crippen LogP contribution in [0.3, 0.4) is 0 Å². The molecule has 0 spiro atoms. The number of carbonyl (C=O) groups is 1. The fourth-order valence-electron chi connectivity index (χ4n) is 3.17. The highest BCUT2D eigenvalue weighted by Crippen LogP contribution is 2.25. The number of hydrogen-bond acceptors (Lipinski definition) is 6. The molecule has 1 fully saturated rings. The van der Waals surface area contributed by atoms with Crippen LogP contribution in [0.2, 0.25) is 0 Å². The molecule has 0 saturated carbocycles. The summed E-state index contributed by atoms with van der Waals surface area (Å²) in [5.74, 6) is -0.111. The average molecular weight is 345 g/mol. The largest absolute Gasteiger partial charge is 0.382 e. The summed E-state index contributed by atoms with van der Waals surface area (Å²) in [5, 5.41) is 4.22. The Hall–Kier alpha value is -2.32. The van der Waals surface area contributed by atoms with Crippen LogP contribution in [0, 0.1) is 0 Å². The Morgan fingerprint density at radius 3 is 2.88 bits per heavy atom. The molecule has 1 saturated heterocycles. The molecule has 3 heterocycles. The van der Waals surface area contributed by atoms with E-state index in [9.17, 15) is 4.79 Å². The number of aromatic nitrogens is 4. The number of nitrogens with zero attached hydrogens (tertiary/aromatic N) is 5. The molecule has 2 atom stereocenters. The lowest BCUT2D eigenvalue weighted by Crippen LogP contribution is -2.42. The highest BCUT2D eigenvalue weighted by Gasteiger charge is 2.38. The molecule has 0 aliphatic carbocycles. The lowest BCUT2D eigenvalue weighted by Gasteiger charge is -2.27. The number of rotatable bonds is 7. The van der Waals surface area contributed by atoms with E-state index in [-0.39, 0.29) is 18.1 Å². The zero-order chi connectivity index (χ0) is 17.6. The van der Waals surface area contributed by atoms with Gasteiger partial charge in [0.15, 0.2) is 0 Å². The van der Waals surface area contributed by atoms with Crippen LogP contribution in [0.1, 0.15) is 22.5 Å². The van der Waals surface area contributed by atoms with Crippen LogP contribution in [0.5, 0.6) is 0 Å². The number of likely N-dealkylation sites (tertiary alicyclic amines) is 1. The highest BCUT2D eigenvalue weighted by molar-refractivity contribution is 5.92. The van der Waals surface area contributed by atoms with E-state index in [0.717, 1.165) is 12.0 Å². The van der Waals surface area contributed by atoms with Gasteiger partial charge in [-0.05, 0) is 18.4 Å². The van der Waals surface area contributed by atoms with E-state index in [1.54, 1.807) is 18.0 Å². The predicted octanol–water partition coefficient (Wildman–Crippen LogP) is 0.699. The van der Waals surface area contributed by atoms with Gasteiger partial charge >= 0.3 is 0 Å². The zero-order valence-corrected chi connectivity index (χ0v) is 14.5. The molecule has 1 aliphatic heterocycles. The van der Waals surface area contributed by atoms with Crippen molar-refractivity contribution in [3.05, 3.63) is 42.2 Å². The molecule has 0 unspecified atom stereocenters. The van der Waals surface area contributed by atoms with E-state index < -0.39 is 0 Å². The Balaban J connectivity index is 1.76. The summed E-state index contributed by atoms with van der Waals surface area (Å²) in [6.07, 6.45) is 9.85. The summed E-state index contributed by atoms with van der Waals surface area (Å²) in [5.41, 5.74) is 1.43. The summed E-state index contributed by atoms with van der Waals surface area (Å²) in [6.45, 7) is 1.68. The van der Waals surface area contributed by atoms with Gasteiger partial charge in [-0.3, -0.25) is 14.5 Å². The normalized spacial score (nSPS) is 20.2. The average Bonchev–Trinajstić information content (AvgIpc) is 3.22. The Morgan fingerprint density at radius 1 is 1.32 bits per heavy atom.